The molecule has 0 aromatic heterocycles. The van der Waals surface area contributed by atoms with Crippen LogP contribution in [0.1, 0.15) is 20.3 Å². The number of rotatable bonds is 4. The third kappa shape index (κ3) is 3.62. The van der Waals surface area contributed by atoms with Gasteiger partial charge in [0.15, 0.2) is 0 Å². The lowest BCUT2D eigenvalue weighted by molar-refractivity contribution is -0.0452. The summed E-state index contributed by atoms with van der Waals surface area (Å²) in [6.07, 6.45) is 3.37. The van der Waals surface area contributed by atoms with E-state index < -0.39 is 12.0 Å². The Hall–Kier alpha value is -0.700. The summed E-state index contributed by atoms with van der Waals surface area (Å²) in [6, 6.07) is 0. The van der Waals surface area contributed by atoms with E-state index in [1.807, 2.05) is 0 Å². The van der Waals surface area contributed by atoms with Gasteiger partial charge in [-0.3, -0.25) is 0 Å². The van der Waals surface area contributed by atoms with Gasteiger partial charge >= 0.3 is 0 Å². The number of allylic oxidation sites excluding steroid dienone is 2. The topological polar surface area (TPSA) is 20.2 Å². The first-order valence-electron chi connectivity index (χ1n) is 3.91. The number of aliphatic hydroxyl groups is 1. The minimum atomic E-state index is -3.15. The third-order valence-corrected chi connectivity index (χ3v) is 1.34. The van der Waals surface area contributed by atoms with Crippen LogP contribution in [0.2, 0.25) is 0 Å². The van der Waals surface area contributed by atoms with Crippen LogP contribution in [-0.4, -0.2) is 17.1 Å². The van der Waals surface area contributed by atoms with Crippen molar-refractivity contribution < 1.29 is 13.9 Å². The van der Waals surface area contributed by atoms with Crippen molar-refractivity contribution >= 4 is 0 Å². The highest BCUT2D eigenvalue weighted by molar-refractivity contribution is 5.05. The molecule has 0 aromatic carbocycles. The van der Waals surface area contributed by atoms with Gasteiger partial charge < -0.3 is 5.11 Å². The fourth-order valence-corrected chi connectivity index (χ4v) is 0.684. The molecule has 1 unspecified atom stereocenters. The van der Waals surface area contributed by atoms with Gasteiger partial charge in [-0.25, -0.2) is 0 Å². The quantitative estimate of drug-likeness (QED) is 0.652. The summed E-state index contributed by atoms with van der Waals surface area (Å²) < 4.78 is 25.6. The number of hydrogen-bond acceptors (Lipinski definition) is 1. The van der Waals surface area contributed by atoms with Gasteiger partial charge in [0.2, 0.25) is 0 Å². The average molecular weight is 176 g/mol. The number of halogens is 2. The van der Waals surface area contributed by atoms with Crippen LogP contribution < -0.4 is 0 Å². The Kier molecular flexibility index (Phi) is 4.74. The van der Waals surface area contributed by atoms with Crippen LogP contribution in [0.25, 0.3) is 0 Å². The third-order valence-electron chi connectivity index (χ3n) is 1.34. The molecular formula is C9H14F2O. The number of hydrogen-bond donors (Lipinski definition) is 1. The fourth-order valence-electron chi connectivity index (χ4n) is 0.684. The molecule has 0 radical (unpaired) electrons. The highest BCUT2D eigenvalue weighted by Gasteiger charge is 2.32. The Balaban J connectivity index is 4.27. The second-order valence-electron chi connectivity index (χ2n) is 2.46. The molecule has 1 N–H and O–H groups in total. The fraction of sp³-hybridized carbons (Fsp3) is 0.556. The molecule has 0 aromatic rings. The molecular weight excluding hydrogens is 162 g/mol. The maximum atomic E-state index is 12.8. The second-order valence-corrected chi connectivity index (χ2v) is 2.46. The highest BCUT2D eigenvalue weighted by atomic mass is 19.3. The van der Waals surface area contributed by atoms with Crippen molar-refractivity contribution in [2.45, 2.75) is 32.3 Å². The number of alkyl halides is 2. The molecule has 0 spiro atoms. The van der Waals surface area contributed by atoms with Gasteiger partial charge in [-0.05, 0) is 19.4 Å². The van der Waals surface area contributed by atoms with E-state index >= 15 is 0 Å². The summed E-state index contributed by atoms with van der Waals surface area (Å²) in [4.78, 5) is 0. The second kappa shape index (κ2) is 5.04. The predicted octanol–water partition coefficient (Wildman–Crippen LogP) is 2.52. The van der Waals surface area contributed by atoms with E-state index in [1.165, 1.54) is 12.2 Å². The molecule has 0 amide bonds. The minimum absolute atomic E-state index is 0.540. The molecule has 0 aliphatic carbocycles. The Labute approximate surface area is 71.4 Å². The lowest BCUT2D eigenvalue weighted by Gasteiger charge is -2.15. The van der Waals surface area contributed by atoms with E-state index in [0.29, 0.717) is 6.42 Å². The molecule has 0 rings (SSSR count). The zero-order valence-corrected chi connectivity index (χ0v) is 7.30. The molecule has 3 heteroatoms. The van der Waals surface area contributed by atoms with Crippen LogP contribution >= 0.6 is 0 Å². The van der Waals surface area contributed by atoms with Crippen LogP contribution in [0.5, 0.6) is 0 Å². The van der Waals surface area contributed by atoms with Crippen molar-refractivity contribution in [3.8, 4) is 0 Å². The molecule has 0 fully saturated rings. The predicted molar refractivity (Wildman–Crippen MR) is 45.2 cm³/mol. The molecule has 0 heterocycles. The van der Waals surface area contributed by atoms with Crippen molar-refractivity contribution in [3.05, 3.63) is 24.3 Å². The SMILES string of the molecule is C/C=C/C(O)C(F)(F)/C=C/CC. The molecule has 0 aliphatic heterocycles. The highest BCUT2D eigenvalue weighted by Crippen LogP contribution is 2.21. The Morgan fingerprint density at radius 2 is 2.08 bits per heavy atom. The van der Waals surface area contributed by atoms with E-state index in [9.17, 15) is 8.78 Å². The van der Waals surface area contributed by atoms with E-state index in [2.05, 4.69) is 0 Å². The molecule has 0 saturated carbocycles. The Bertz CT molecular complexity index is 173. The maximum absolute atomic E-state index is 12.8. The first kappa shape index (κ1) is 11.3. The van der Waals surface area contributed by atoms with Crippen LogP contribution in [0, 0.1) is 0 Å². The van der Waals surface area contributed by atoms with Crippen LogP contribution in [0.15, 0.2) is 24.3 Å². The van der Waals surface area contributed by atoms with Crippen molar-refractivity contribution in [2.24, 2.45) is 0 Å². The molecule has 70 valence electrons. The zero-order chi connectivity index (χ0) is 9.61. The Morgan fingerprint density at radius 1 is 1.50 bits per heavy atom. The summed E-state index contributed by atoms with van der Waals surface area (Å²) in [5.41, 5.74) is 0. The minimum Gasteiger partial charge on any atom is -0.382 e. The van der Waals surface area contributed by atoms with Crippen LogP contribution in [0.4, 0.5) is 8.78 Å². The van der Waals surface area contributed by atoms with Gasteiger partial charge in [-0.15, -0.1) is 0 Å². The monoisotopic (exact) mass is 176 g/mol. The maximum Gasteiger partial charge on any atom is 0.295 e. The normalized spacial score (nSPS) is 16.1. The van der Waals surface area contributed by atoms with Crippen LogP contribution in [-0.2, 0) is 0 Å². The molecule has 1 nitrogen and oxygen atoms in total. The molecule has 0 saturated heterocycles. The summed E-state index contributed by atoms with van der Waals surface area (Å²) in [5, 5.41) is 8.92. The van der Waals surface area contributed by atoms with Crippen molar-refractivity contribution in [3.63, 3.8) is 0 Å². The largest absolute Gasteiger partial charge is 0.382 e. The smallest absolute Gasteiger partial charge is 0.295 e. The van der Waals surface area contributed by atoms with Gasteiger partial charge in [0, 0.05) is 0 Å². The van der Waals surface area contributed by atoms with Gasteiger partial charge in [0.1, 0.15) is 6.10 Å². The lowest BCUT2D eigenvalue weighted by atomic mass is 10.1. The van der Waals surface area contributed by atoms with E-state index in [0.717, 1.165) is 12.2 Å². The van der Waals surface area contributed by atoms with E-state index in [1.54, 1.807) is 13.8 Å². The summed E-state index contributed by atoms with van der Waals surface area (Å²) in [7, 11) is 0. The van der Waals surface area contributed by atoms with Crippen molar-refractivity contribution in [1.29, 1.82) is 0 Å². The van der Waals surface area contributed by atoms with Gasteiger partial charge in [-0.2, -0.15) is 8.78 Å². The van der Waals surface area contributed by atoms with E-state index in [4.69, 9.17) is 5.11 Å². The summed E-state index contributed by atoms with van der Waals surface area (Å²) >= 11 is 0. The lowest BCUT2D eigenvalue weighted by Crippen LogP contribution is -2.29. The summed E-state index contributed by atoms with van der Waals surface area (Å²) in [5.74, 6) is -3.15. The van der Waals surface area contributed by atoms with Crippen LogP contribution in [0.3, 0.4) is 0 Å². The van der Waals surface area contributed by atoms with Gasteiger partial charge in [0.05, 0.1) is 0 Å². The van der Waals surface area contributed by atoms with Gasteiger partial charge in [-0.1, -0.05) is 25.2 Å². The standard InChI is InChI=1S/C9H14F2O/c1-3-5-7-9(10,11)8(12)6-4-2/h4-8,12H,3H2,1-2H3/b6-4+,7-5+. The average Bonchev–Trinajstić information content (AvgIpc) is 2.01. The Morgan fingerprint density at radius 3 is 2.50 bits per heavy atom. The number of aliphatic hydroxyl groups excluding tert-OH is 1. The van der Waals surface area contributed by atoms with Crippen molar-refractivity contribution in [1.82, 2.24) is 0 Å². The molecule has 0 bridgehead atoms. The zero-order valence-electron chi connectivity index (χ0n) is 7.30. The molecule has 0 aliphatic rings. The molecule has 12 heavy (non-hydrogen) atoms. The first-order valence-corrected chi connectivity index (χ1v) is 3.91. The van der Waals surface area contributed by atoms with E-state index in [-0.39, 0.29) is 0 Å². The molecule has 1 atom stereocenters. The van der Waals surface area contributed by atoms with Gasteiger partial charge in [0.25, 0.3) is 5.92 Å². The first-order chi connectivity index (χ1) is 5.54. The summed E-state index contributed by atoms with van der Waals surface area (Å²) in [6.45, 7) is 3.34. The van der Waals surface area contributed by atoms with Crippen molar-refractivity contribution in [2.75, 3.05) is 0 Å².